The lowest BCUT2D eigenvalue weighted by Gasteiger charge is -2.26. The normalized spacial score (nSPS) is 14.4. The Morgan fingerprint density at radius 3 is 2.64 bits per heavy atom. The molecule has 0 radical (unpaired) electrons. The number of aromatic nitrogens is 3. The molecule has 3 rings (SSSR count). The van der Waals surface area contributed by atoms with Gasteiger partial charge in [-0.1, -0.05) is 11.6 Å². The van der Waals surface area contributed by atoms with Gasteiger partial charge in [-0.2, -0.15) is 0 Å². The van der Waals surface area contributed by atoms with Crippen LogP contribution in [0.25, 0.3) is 5.69 Å². The summed E-state index contributed by atoms with van der Waals surface area (Å²) in [7, 11) is 0. The SMILES string of the molecule is CCOC(=O)c1ccc(-n2nnc(C=O)c2C2CCC2)cc1. The number of aldehydes is 1. The lowest BCUT2D eigenvalue weighted by molar-refractivity contribution is 0.0526. The molecule has 1 aromatic heterocycles. The average Bonchev–Trinajstić information content (AvgIpc) is 2.89. The van der Waals surface area contributed by atoms with Crippen molar-refractivity contribution in [1.29, 1.82) is 0 Å². The first-order valence-corrected chi connectivity index (χ1v) is 7.43. The van der Waals surface area contributed by atoms with Gasteiger partial charge in [0, 0.05) is 5.92 Å². The number of benzene rings is 1. The van der Waals surface area contributed by atoms with Gasteiger partial charge in [-0.05, 0) is 44.0 Å². The second-order valence-corrected chi connectivity index (χ2v) is 5.28. The van der Waals surface area contributed by atoms with Crippen LogP contribution >= 0.6 is 0 Å². The van der Waals surface area contributed by atoms with Crippen molar-refractivity contribution in [2.45, 2.75) is 32.1 Å². The molecule has 0 atom stereocenters. The van der Waals surface area contributed by atoms with Crippen molar-refractivity contribution in [2.24, 2.45) is 0 Å². The van der Waals surface area contributed by atoms with Crippen molar-refractivity contribution in [2.75, 3.05) is 6.61 Å². The first-order chi connectivity index (χ1) is 10.7. The first-order valence-electron chi connectivity index (χ1n) is 7.43. The quantitative estimate of drug-likeness (QED) is 0.626. The second kappa shape index (κ2) is 6.09. The third-order valence-electron chi connectivity index (χ3n) is 3.96. The van der Waals surface area contributed by atoms with E-state index in [1.54, 1.807) is 35.9 Å². The molecule has 0 bridgehead atoms. The molecule has 1 saturated carbocycles. The molecule has 0 aliphatic heterocycles. The second-order valence-electron chi connectivity index (χ2n) is 5.28. The van der Waals surface area contributed by atoms with Crippen molar-refractivity contribution in [3.05, 3.63) is 41.2 Å². The van der Waals surface area contributed by atoms with Gasteiger partial charge in [-0.3, -0.25) is 4.79 Å². The minimum absolute atomic E-state index is 0.333. The predicted molar refractivity (Wildman–Crippen MR) is 79.3 cm³/mol. The summed E-state index contributed by atoms with van der Waals surface area (Å²) in [4.78, 5) is 22.8. The summed E-state index contributed by atoms with van der Waals surface area (Å²) in [5.41, 5.74) is 2.55. The molecule has 1 fully saturated rings. The molecule has 6 heteroatoms. The van der Waals surface area contributed by atoms with Crippen molar-refractivity contribution in [3.63, 3.8) is 0 Å². The van der Waals surface area contributed by atoms with Gasteiger partial charge in [0.1, 0.15) is 5.69 Å². The third kappa shape index (κ3) is 2.52. The van der Waals surface area contributed by atoms with E-state index in [1.165, 1.54) is 0 Å². The average molecular weight is 299 g/mol. The molecule has 1 heterocycles. The molecule has 1 aliphatic carbocycles. The number of rotatable bonds is 5. The maximum absolute atomic E-state index is 11.7. The summed E-state index contributed by atoms with van der Waals surface area (Å²) in [5.74, 6) is -0.0135. The Balaban J connectivity index is 1.92. The Hall–Kier alpha value is -2.50. The fourth-order valence-corrected chi connectivity index (χ4v) is 2.59. The van der Waals surface area contributed by atoms with Gasteiger partial charge in [0.05, 0.1) is 23.6 Å². The zero-order chi connectivity index (χ0) is 15.5. The summed E-state index contributed by atoms with van der Waals surface area (Å²) < 4.78 is 6.66. The number of carbonyl (C=O) groups is 2. The van der Waals surface area contributed by atoms with Gasteiger partial charge in [-0.25, -0.2) is 9.48 Å². The lowest BCUT2D eigenvalue weighted by Crippen LogP contribution is -2.16. The van der Waals surface area contributed by atoms with E-state index in [9.17, 15) is 9.59 Å². The summed E-state index contributed by atoms with van der Waals surface area (Å²) in [6.45, 7) is 2.12. The van der Waals surface area contributed by atoms with Crippen molar-refractivity contribution >= 4 is 12.3 Å². The van der Waals surface area contributed by atoms with Crippen LogP contribution in [-0.4, -0.2) is 33.9 Å². The maximum Gasteiger partial charge on any atom is 0.338 e. The zero-order valence-electron chi connectivity index (χ0n) is 12.4. The van der Waals surface area contributed by atoms with Crippen LogP contribution in [0.1, 0.15) is 58.6 Å². The molecule has 2 aromatic rings. The summed E-state index contributed by atoms with van der Waals surface area (Å²) in [6, 6.07) is 6.97. The van der Waals surface area contributed by atoms with Crippen LogP contribution in [0.4, 0.5) is 0 Å². The van der Waals surface area contributed by atoms with Crippen LogP contribution in [0.15, 0.2) is 24.3 Å². The fourth-order valence-electron chi connectivity index (χ4n) is 2.59. The largest absolute Gasteiger partial charge is 0.462 e. The van der Waals surface area contributed by atoms with E-state index in [1.807, 2.05) is 0 Å². The summed E-state index contributed by atoms with van der Waals surface area (Å²) in [5, 5.41) is 8.04. The molecule has 0 unspecified atom stereocenters. The number of esters is 1. The molecule has 0 N–H and O–H groups in total. The molecular weight excluding hydrogens is 282 g/mol. The van der Waals surface area contributed by atoms with E-state index in [2.05, 4.69) is 10.3 Å². The van der Waals surface area contributed by atoms with Crippen LogP contribution in [-0.2, 0) is 4.74 Å². The van der Waals surface area contributed by atoms with Crippen LogP contribution in [0.2, 0.25) is 0 Å². The zero-order valence-corrected chi connectivity index (χ0v) is 12.4. The molecule has 0 amide bonds. The fraction of sp³-hybridized carbons (Fsp3) is 0.375. The summed E-state index contributed by atoms with van der Waals surface area (Å²) in [6.07, 6.45) is 4.02. The van der Waals surface area contributed by atoms with Gasteiger partial charge in [0.25, 0.3) is 0 Å². The van der Waals surface area contributed by atoms with Crippen LogP contribution < -0.4 is 0 Å². The van der Waals surface area contributed by atoms with Crippen LogP contribution in [0.5, 0.6) is 0 Å². The molecule has 6 nitrogen and oxygen atoms in total. The highest BCUT2D eigenvalue weighted by molar-refractivity contribution is 5.89. The van der Waals surface area contributed by atoms with E-state index >= 15 is 0 Å². The number of hydrogen-bond donors (Lipinski definition) is 0. The number of hydrogen-bond acceptors (Lipinski definition) is 5. The first kappa shape index (κ1) is 14.4. The van der Waals surface area contributed by atoms with Crippen molar-refractivity contribution in [3.8, 4) is 5.69 Å². The molecule has 114 valence electrons. The standard InChI is InChI=1S/C16H17N3O3/c1-2-22-16(21)12-6-8-13(9-7-12)19-15(11-4-3-5-11)14(10-20)17-18-19/h6-11H,2-5H2,1H3. The molecule has 22 heavy (non-hydrogen) atoms. The van der Waals surface area contributed by atoms with E-state index in [0.717, 1.165) is 36.9 Å². The predicted octanol–water partition coefficient (Wildman–Crippen LogP) is 2.52. The highest BCUT2D eigenvalue weighted by Crippen LogP contribution is 2.37. The van der Waals surface area contributed by atoms with Crippen LogP contribution in [0.3, 0.4) is 0 Å². The minimum atomic E-state index is -0.347. The lowest BCUT2D eigenvalue weighted by atomic mass is 9.82. The number of nitrogens with zero attached hydrogens (tertiary/aromatic N) is 3. The van der Waals surface area contributed by atoms with Gasteiger partial charge in [-0.15, -0.1) is 5.10 Å². The van der Waals surface area contributed by atoms with Crippen molar-refractivity contribution < 1.29 is 14.3 Å². The molecule has 0 saturated heterocycles. The molecule has 1 aliphatic rings. The minimum Gasteiger partial charge on any atom is -0.462 e. The highest BCUT2D eigenvalue weighted by Gasteiger charge is 2.28. The van der Waals surface area contributed by atoms with E-state index < -0.39 is 0 Å². The Morgan fingerprint density at radius 2 is 2.09 bits per heavy atom. The number of carbonyl (C=O) groups excluding carboxylic acids is 2. The van der Waals surface area contributed by atoms with Gasteiger partial charge in [0.15, 0.2) is 6.29 Å². The van der Waals surface area contributed by atoms with E-state index in [4.69, 9.17) is 4.74 Å². The molecule has 0 spiro atoms. The monoisotopic (exact) mass is 299 g/mol. The van der Waals surface area contributed by atoms with Crippen molar-refractivity contribution in [1.82, 2.24) is 15.0 Å². The molecular formula is C16H17N3O3. The third-order valence-corrected chi connectivity index (χ3v) is 3.96. The summed E-state index contributed by atoms with van der Waals surface area (Å²) >= 11 is 0. The van der Waals surface area contributed by atoms with E-state index in [-0.39, 0.29) is 5.97 Å². The van der Waals surface area contributed by atoms with Gasteiger partial charge in [0.2, 0.25) is 0 Å². The molecule has 1 aromatic carbocycles. The smallest absolute Gasteiger partial charge is 0.338 e. The van der Waals surface area contributed by atoms with E-state index in [0.29, 0.717) is 23.8 Å². The number of ether oxygens (including phenoxy) is 1. The Morgan fingerprint density at radius 1 is 1.36 bits per heavy atom. The Labute approximate surface area is 128 Å². The maximum atomic E-state index is 11.7. The topological polar surface area (TPSA) is 74.1 Å². The van der Waals surface area contributed by atoms with Crippen LogP contribution in [0, 0.1) is 0 Å². The Kier molecular flexibility index (Phi) is 4.00. The van der Waals surface area contributed by atoms with Gasteiger partial charge >= 0.3 is 5.97 Å². The highest BCUT2D eigenvalue weighted by atomic mass is 16.5. The Bertz CT molecular complexity index is 687. The van der Waals surface area contributed by atoms with Gasteiger partial charge < -0.3 is 4.74 Å².